The van der Waals surface area contributed by atoms with Crippen LogP contribution in [0.4, 0.5) is 0 Å². The highest BCUT2D eigenvalue weighted by atomic mass is 32.1. The number of benzene rings is 1. The average molecular weight is 251 g/mol. The Bertz CT molecular complexity index is 367. The van der Waals surface area contributed by atoms with E-state index in [2.05, 4.69) is 15.8 Å². The number of nitrogens with one attached hydrogen (secondary N) is 2. The molecule has 1 rings (SSSR count). The fourth-order valence-corrected chi connectivity index (χ4v) is 1.51. The van der Waals surface area contributed by atoms with E-state index in [1.807, 2.05) is 37.3 Å². The Morgan fingerprint density at radius 1 is 1.47 bits per heavy atom. The van der Waals surface area contributed by atoms with E-state index in [4.69, 9.17) is 17.0 Å². The quantitative estimate of drug-likeness (QED) is 0.473. The van der Waals surface area contributed by atoms with Crippen molar-refractivity contribution in [3.63, 3.8) is 0 Å². The van der Waals surface area contributed by atoms with Gasteiger partial charge < -0.3 is 10.1 Å². The molecule has 0 aromatic heterocycles. The molecule has 1 aromatic rings. The standard InChI is InChI=1S/C12H17N3OS/c1-10(9-16-2)14-12(17)15-13-8-11-6-4-3-5-7-11/h3-8,10H,9H2,1-2H3,(H2,14,15,17)/b13-8-/t10-/m1/s1. The van der Waals surface area contributed by atoms with Crippen LogP contribution in [0.25, 0.3) is 0 Å². The number of thiocarbonyl (C=S) groups is 1. The van der Waals surface area contributed by atoms with Gasteiger partial charge in [-0.25, -0.2) is 0 Å². The molecule has 5 heteroatoms. The maximum Gasteiger partial charge on any atom is 0.187 e. The summed E-state index contributed by atoms with van der Waals surface area (Å²) in [5.41, 5.74) is 3.78. The van der Waals surface area contributed by atoms with E-state index in [1.54, 1.807) is 13.3 Å². The number of hydrogen-bond acceptors (Lipinski definition) is 3. The highest BCUT2D eigenvalue weighted by Crippen LogP contribution is 1.93. The summed E-state index contributed by atoms with van der Waals surface area (Å²) >= 11 is 5.07. The highest BCUT2D eigenvalue weighted by molar-refractivity contribution is 7.80. The Balaban J connectivity index is 2.31. The van der Waals surface area contributed by atoms with E-state index in [0.29, 0.717) is 11.7 Å². The molecule has 0 aliphatic heterocycles. The molecule has 0 spiro atoms. The fraction of sp³-hybridized carbons (Fsp3) is 0.333. The van der Waals surface area contributed by atoms with Crippen molar-refractivity contribution >= 4 is 23.5 Å². The van der Waals surface area contributed by atoms with Crippen LogP contribution in [0.5, 0.6) is 0 Å². The predicted octanol–water partition coefficient (Wildman–Crippen LogP) is 1.52. The lowest BCUT2D eigenvalue weighted by atomic mass is 10.2. The van der Waals surface area contributed by atoms with Crippen LogP contribution in [0.1, 0.15) is 12.5 Å². The summed E-state index contributed by atoms with van der Waals surface area (Å²) in [5.74, 6) is 0. The smallest absolute Gasteiger partial charge is 0.187 e. The molecule has 4 nitrogen and oxygen atoms in total. The van der Waals surface area contributed by atoms with E-state index in [1.165, 1.54) is 0 Å². The van der Waals surface area contributed by atoms with E-state index in [0.717, 1.165) is 5.56 Å². The zero-order valence-corrected chi connectivity index (χ0v) is 10.8. The molecule has 1 atom stereocenters. The molecule has 0 radical (unpaired) electrons. The lowest BCUT2D eigenvalue weighted by Crippen LogP contribution is -2.40. The van der Waals surface area contributed by atoms with Gasteiger partial charge in [-0.3, -0.25) is 5.43 Å². The minimum absolute atomic E-state index is 0.159. The Labute approximate surface area is 107 Å². The second-order valence-electron chi connectivity index (χ2n) is 3.61. The van der Waals surface area contributed by atoms with E-state index in [-0.39, 0.29) is 6.04 Å². The van der Waals surface area contributed by atoms with E-state index >= 15 is 0 Å². The molecule has 0 heterocycles. The molecule has 2 N–H and O–H groups in total. The van der Waals surface area contributed by atoms with Crippen LogP contribution in [-0.4, -0.2) is 31.1 Å². The average Bonchev–Trinajstić information content (AvgIpc) is 2.30. The van der Waals surface area contributed by atoms with Gasteiger partial charge in [-0.05, 0) is 24.7 Å². The third-order valence-electron chi connectivity index (χ3n) is 1.97. The molecule has 0 saturated carbocycles. The molecular weight excluding hydrogens is 234 g/mol. The van der Waals surface area contributed by atoms with Crippen molar-refractivity contribution in [2.45, 2.75) is 13.0 Å². The second-order valence-corrected chi connectivity index (χ2v) is 4.02. The normalized spacial score (nSPS) is 12.4. The first-order valence-electron chi connectivity index (χ1n) is 5.36. The van der Waals surface area contributed by atoms with Gasteiger partial charge in [0.25, 0.3) is 0 Å². The maximum atomic E-state index is 5.07. The molecule has 0 amide bonds. The van der Waals surface area contributed by atoms with Gasteiger partial charge >= 0.3 is 0 Å². The van der Waals surface area contributed by atoms with Crippen molar-refractivity contribution in [3.05, 3.63) is 35.9 Å². The first kappa shape index (κ1) is 13.6. The lowest BCUT2D eigenvalue weighted by Gasteiger charge is -2.13. The molecule has 0 saturated heterocycles. The summed E-state index contributed by atoms with van der Waals surface area (Å²) in [5, 5.41) is 7.57. The van der Waals surface area contributed by atoms with Crippen molar-refractivity contribution in [1.82, 2.24) is 10.7 Å². The van der Waals surface area contributed by atoms with Crippen LogP contribution >= 0.6 is 12.2 Å². The Kier molecular flexibility index (Phi) is 6.21. The van der Waals surface area contributed by atoms with Crippen LogP contribution < -0.4 is 10.7 Å². The Morgan fingerprint density at radius 2 is 2.18 bits per heavy atom. The maximum absolute atomic E-state index is 5.07. The largest absolute Gasteiger partial charge is 0.383 e. The van der Waals surface area contributed by atoms with Crippen LogP contribution in [0.2, 0.25) is 0 Å². The minimum Gasteiger partial charge on any atom is -0.383 e. The van der Waals surface area contributed by atoms with Crippen molar-refractivity contribution < 1.29 is 4.74 Å². The van der Waals surface area contributed by atoms with Gasteiger partial charge in [-0.2, -0.15) is 5.10 Å². The van der Waals surface area contributed by atoms with Crippen LogP contribution in [0.15, 0.2) is 35.4 Å². The first-order chi connectivity index (χ1) is 8.22. The second kappa shape index (κ2) is 7.76. The molecule has 0 aliphatic carbocycles. The van der Waals surface area contributed by atoms with Crippen molar-refractivity contribution in [1.29, 1.82) is 0 Å². The number of methoxy groups -OCH3 is 1. The summed E-state index contributed by atoms with van der Waals surface area (Å²) in [6.45, 7) is 2.59. The zero-order valence-electron chi connectivity index (χ0n) is 10.0. The van der Waals surface area contributed by atoms with Crippen LogP contribution in [0.3, 0.4) is 0 Å². The van der Waals surface area contributed by atoms with Gasteiger partial charge in [0.15, 0.2) is 5.11 Å². The molecule has 0 aliphatic rings. The number of ether oxygens (including phenoxy) is 1. The monoisotopic (exact) mass is 251 g/mol. The number of nitrogens with zero attached hydrogens (tertiary/aromatic N) is 1. The molecule has 0 bridgehead atoms. The van der Waals surface area contributed by atoms with Gasteiger partial charge in [0.05, 0.1) is 12.8 Å². The van der Waals surface area contributed by atoms with Gasteiger partial charge in [0, 0.05) is 13.2 Å². The number of hydrogen-bond donors (Lipinski definition) is 2. The Hall–Kier alpha value is -1.46. The molecular formula is C12H17N3OS. The topological polar surface area (TPSA) is 45.6 Å². The van der Waals surface area contributed by atoms with Crippen molar-refractivity contribution in [2.75, 3.05) is 13.7 Å². The molecule has 0 unspecified atom stereocenters. The predicted molar refractivity (Wildman–Crippen MR) is 74.2 cm³/mol. The molecule has 1 aromatic carbocycles. The number of hydrazone groups is 1. The summed E-state index contributed by atoms with van der Waals surface area (Å²) < 4.78 is 4.99. The van der Waals surface area contributed by atoms with Gasteiger partial charge in [-0.1, -0.05) is 30.3 Å². The SMILES string of the molecule is COC[C@@H](C)NC(=S)N/N=C\c1ccccc1. The van der Waals surface area contributed by atoms with Gasteiger partial charge in [0.2, 0.25) is 0 Å². The summed E-state index contributed by atoms with van der Waals surface area (Å²) in [4.78, 5) is 0. The molecule has 17 heavy (non-hydrogen) atoms. The Morgan fingerprint density at radius 3 is 2.82 bits per heavy atom. The number of rotatable bonds is 5. The third-order valence-corrected chi connectivity index (χ3v) is 2.18. The van der Waals surface area contributed by atoms with Crippen molar-refractivity contribution in [3.8, 4) is 0 Å². The fourth-order valence-electron chi connectivity index (χ4n) is 1.25. The van der Waals surface area contributed by atoms with E-state index in [9.17, 15) is 0 Å². The molecule has 92 valence electrons. The van der Waals surface area contributed by atoms with Crippen molar-refractivity contribution in [2.24, 2.45) is 5.10 Å². The van der Waals surface area contributed by atoms with Crippen LogP contribution in [0, 0.1) is 0 Å². The van der Waals surface area contributed by atoms with Gasteiger partial charge in [0.1, 0.15) is 0 Å². The zero-order chi connectivity index (χ0) is 12.5. The lowest BCUT2D eigenvalue weighted by molar-refractivity contribution is 0.179. The first-order valence-corrected chi connectivity index (χ1v) is 5.76. The summed E-state index contributed by atoms with van der Waals surface area (Å²) in [7, 11) is 1.65. The van der Waals surface area contributed by atoms with Crippen LogP contribution in [-0.2, 0) is 4.74 Å². The molecule has 0 fully saturated rings. The summed E-state index contributed by atoms with van der Waals surface area (Å²) in [6, 6.07) is 9.97. The van der Waals surface area contributed by atoms with E-state index < -0.39 is 0 Å². The minimum atomic E-state index is 0.159. The summed E-state index contributed by atoms with van der Waals surface area (Å²) in [6.07, 6.45) is 1.72. The highest BCUT2D eigenvalue weighted by Gasteiger charge is 2.01. The third kappa shape index (κ3) is 5.99. The van der Waals surface area contributed by atoms with Gasteiger partial charge in [-0.15, -0.1) is 0 Å².